The molecule has 0 bridgehead atoms. The molecule has 0 aliphatic rings. The Morgan fingerprint density at radius 3 is 1.25 bits per heavy atom. The van der Waals surface area contributed by atoms with Crippen molar-refractivity contribution in [2.45, 2.75) is 0 Å². The van der Waals surface area contributed by atoms with Gasteiger partial charge in [0.15, 0.2) is 0 Å². The molecule has 0 saturated carbocycles. The van der Waals surface area contributed by atoms with Gasteiger partial charge in [-0.1, -0.05) is 0 Å². The molecule has 45 valence electrons. The van der Waals surface area contributed by atoms with E-state index in [0.717, 1.165) is 17.3 Å². The molecule has 0 unspecified atom stereocenters. The number of rotatable bonds is 0. The van der Waals surface area contributed by atoms with Gasteiger partial charge in [-0.15, -0.1) is 0 Å². The van der Waals surface area contributed by atoms with Gasteiger partial charge in [0.05, 0.1) is 0 Å². The van der Waals surface area contributed by atoms with Gasteiger partial charge in [-0.2, -0.15) is 0 Å². The Morgan fingerprint density at radius 1 is 1.25 bits per heavy atom. The van der Waals surface area contributed by atoms with Gasteiger partial charge in [0.25, 0.3) is 0 Å². The SMILES string of the molecule is O=P(O)(O)O.[CaH2].[Cl][Zn]. The van der Waals surface area contributed by atoms with Crippen molar-refractivity contribution in [2.24, 2.45) is 0 Å². The molecule has 8 heteroatoms. The second kappa shape index (κ2) is 9.28. The summed E-state index contributed by atoms with van der Waals surface area (Å²) < 4.78 is 8.88. The van der Waals surface area contributed by atoms with Crippen LogP contribution in [0.25, 0.3) is 0 Å². The summed E-state index contributed by atoms with van der Waals surface area (Å²) in [6, 6.07) is 0. The van der Waals surface area contributed by atoms with Crippen molar-refractivity contribution in [2.75, 3.05) is 0 Å². The summed E-state index contributed by atoms with van der Waals surface area (Å²) in [5, 5.41) is 0. The van der Waals surface area contributed by atoms with E-state index >= 15 is 0 Å². The monoisotopic (exact) mass is 239 g/mol. The molecule has 0 rings (SSSR count). The fourth-order valence-corrected chi connectivity index (χ4v) is 0. The minimum absolute atomic E-state index is 0. The quantitative estimate of drug-likeness (QED) is 0.369. The summed E-state index contributed by atoms with van der Waals surface area (Å²) in [6.07, 6.45) is 0. The van der Waals surface area contributed by atoms with Gasteiger partial charge >= 0.3 is 72.6 Å². The van der Waals surface area contributed by atoms with E-state index in [1.54, 1.807) is 0 Å². The average Bonchev–Trinajstić information content (AvgIpc) is 1.36. The van der Waals surface area contributed by atoms with Gasteiger partial charge in [0, 0.05) is 0 Å². The minimum atomic E-state index is -4.64. The maximum atomic E-state index is 8.88. The van der Waals surface area contributed by atoms with Crippen LogP contribution in [0.15, 0.2) is 0 Å². The number of phosphoric acid groups is 1. The van der Waals surface area contributed by atoms with Gasteiger partial charge in [-0.3, -0.25) is 0 Å². The zero-order valence-corrected chi connectivity index (χ0v) is 7.90. The third-order valence-electron chi connectivity index (χ3n) is 0. The summed E-state index contributed by atoms with van der Waals surface area (Å²) in [4.78, 5) is 21.6. The molecule has 4 nitrogen and oxygen atoms in total. The zero-order chi connectivity index (χ0) is 6.50. The van der Waals surface area contributed by atoms with Crippen molar-refractivity contribution in [3.8, 4) is 0 Å². The van der Waals surface area contributed by atoms with Gasteiger partial charge < -0.3 is 14.7 Å². The molecule has 0 aromatic heterocycles. The average molecular weight is 241 g/mol. The first-order valence-corrected chi connectivity index (χ1v) is 6.51. The third kappa shape index (κ3) is 84.3. The van der Waals surface area contributed by atoms with Crippen molar-refractivity contribution < 1.29 is 36.6 Å². The zero-order valence-electron chi connectivity index (χ0n) is 3.28. The summed E-state index contributed by atoms with van der Waals surface area (Å²) >= 11 is 0.847. The third-order valence-corrected chi connectivity index (χ3v) is 0. The fraction of sp³-hybridized carbons (Fsp3) is 0. The molecule has 0 aliphatic heterocycles. The first kappa shape index (κ1) is 16.7. The Kier molecular flexibility index (Phi) is 19.4. The van der Waals surface area contributed by atoms with E-state index in [-0.39, 0.29) is 37.7 Å². The molecule has 0 fully saturated rings. The molecule has 0 aromatic rings. The van der Waals surface area contributed by atoms with Crippen molar-refractivity contribution in [1.82, 2.24) is 0 Å². The molecule has 0 radical (unpaired) electrons. The van der Waals surface area contributed by atoms with Crippen molar-refractivity contribution in [3.05, 3.63) is 0 Å². The van der Waals surface area contributed by atoms with Crippen LogP contribution in [0.4, 0.5) is 0 Å². The van der Waals surface area contributed by atoms with E-state index in [1.165, 1.54) is 0 Å². The van der Waals surface area contributed by atoms with Crippen LogP contribution in [-0.4, -0.2) is 52.4 Å². The molecule has 0 saturated heterocycles. The molecule has 0 aliphatic carbocycles. The summed E-state index contributed by atoms with van der Waals surface area (Å²) in [5.41, 5.74) is 0. The van der Waals surface area contributed by atoms with Gasteiger partial charge in [-0.05, 0) is 0 Å². The van der Waals surface area contributed by atoms with Crippen LogP contribution in [0.3, 0.4) is 0 Å². The molecular weight excluding hydrogens is 236 g/mol. The van der Waals surface area contributed by atoms with Gasteiger partial charge in [0.1, 0.15) is 0 Å². The summed E-state index contributed by atoms with van der Waals surface area (Å²) in [7, 11) is 0.125. The standard InChI is InChI=1S/Ca.ClH.H3O4P.Zn.2H/c;;1-5(2,3)4;;;/h;1H;(H3,1,2,3,4);;;/q;;;+1;;/p-1. The van der Waals surface area contributed by atoms with E-state index in [2.05, 4.69) is 0 Å². The van der Waals surface area contributed by atoms with Crippen molar-refractivity contribution in [3.63, 3.8) is 0 Å². The molecule has 0 amide bonds. The second-order valence-corrected chi connectivity index (χ2v) is 1.54. The van der Waals surface area contributed by atoms with Crippen LogP contribution < -0.4 is 0 Å². The predicted molar refractivity (Wildman–Crippen MR) is 28.7 cm³/mol. The molecular formula is H5CaClO4PZn. The van der Waals surface area contributed by atoms with Crippen molar-refractivity contribution >= 4 is 55.3 Å². The second-order valence-electron chi connectivity index (χ2n) is 0.513. The fourth-order valence-electron chi connectivity index (χ4n) is 0. The summed E-state index contributed by atoms with van der Waals surface area (Å²) in [5.74, 6) is 0. The first-order chi connectivity index (χ1) is 3.00. The molecule has 0 aromatic carbocycles. The van der Waals surface area contributed by atoms with Crippen LogP contribution in [0.1, 0.15) is 0 Å². The first-order valence-electron chi connectivity index (χ1n) is 1.05. The molecule has 0 heterocycles. The van der Waals surface area contributed by atoms with Gasteiger partial charge in [0.2, 0.25) is 0 Å². The number of hydrogen-bond donors (Lipinski definition) is 3. The molecule has 3 N–H and O–H groups in total. The topological polar surface area (TPSA) is 77.8 Å². The summed E-state index contributed by atoms with van der Waals surface area (Å²) in [6.45, 7) is 0. The normalized spacial score (nSPS) is 8.25. The molecule has 8 heavy (non-hydrogen) atoms. The van der Waals surface area contributed by atoms with E-state index < -0.39 is 7.82 Å². The van der Waals surface area contributed by atoms with Crippen molar-refractivity contribution in [1.29, 1.82) is 0 Å². The van der Waals surface area contributed by atoms with E-state index in [0.29, 0.717) is 0 Å². The Balaban J connectivity index is -0.0000000750. The van der Waals surface area contributed by atoms with E-state index in [4.69, 9.17) is 28.9 Å². The Bertz CT molecular complexity index is 62.2. The van der Waals surface area contributed by atoms with Crippen LogP contribution in [0, 0.1) is 0 Å². The Hall–Kier alpha value is 2.28. The number of hydrogen-bond acceptors (Lipinski definition) is 1. The maximum absolute atomic E-state index is 8.88. The van der Waals surface area contributed by atoms with Crippen LogP contribution >= 0.6 is 17.5 Å². The van der Waals surface area contributed by atoms with E-state index in [9.17, 15) is 0 Å². The van der Waals surface area contributed by atoms with Crippen LogP contribution in [0.2, 0.25) is 0 Å². The predicted octanol–water partition coefficient (Wildman–Crippen LogP) is -1.16. The van der Waals surface area contributed by atoms with Crippen LogP contribution in [0.5, 0.6) is 0 Å². The van der Waals surface area contributed by atoms with Crippen LogP contribution in [-0.2, 0) is 21.9 Å². The Labute approximate surface area is 90.6 Å². The van der Waals surface area contributed by atoms with Gasteiger partial charge in [-0.25, -0.2) is 4.57 Å². The molecule has 0 spiro atoms. The van der Waals surface area contributed by atoms with E-state index in [1.807, 2.05) is 0 Å². The molecule has 0 atom stereocenters. The Morgan fingerprint density at radius 2 is 1.25 bits per heavy atom. The number of halogens is 1.